The van der Waals surface area contributed by atoms with Gasteiger partial charge in [0.25, 0.3) is 0 Å². The quantitative estimate of drug-likeness (QED) is 0.0222. The van der Waals surface area contributed by atoms with Crippen LogP contribution in [0.25, 0.3) is 0 Å². The fourth-order valence-electron chi connectivity index (χ4n) is 11.8. The number of aliphatic hydroxyl groups excluding tert-OH is 1. The third kappa shape index (κ3) is 69.5. The second kappa shape index (κ2) is 67.2. The lowest BCUT2D eigenvalue weighted by Gasteiger charge is -2.21. The largest absolute Gasteiger partial charge is 0.472 e. The van der Waals surface area contributed by atoms with Crippen molar-refractivity contribution >= 4 is 39.5 Å². The first-order valence-corrected chi connectivity index (χ1v) is 43.3. The maximum absolute atomic E-state index is 13.1. The molecule has 0 aromatic heterocycles. The molecule has 0 aromatic rings. The van der Waals surface area contributed by atoms with Crippen molar-refractivity contribution in [3.05, 3.63) is 0 Å². The zero-order valence-electron chi connectivity index (χ0n) is 63.7. The number of unbranched alkanes of at least 4 members (excludes halogenated alkanes) is 39. The van der Waals surface area contributed by atoms with E-state index < -0.39 is 97.5 Å². The molecule has 0 aliphatic carbocycles. The standard InChI is InChI=1S/C78H152O17P2/c1-9-70(7)56-48-40-32-26-21-22-28-34-44-52-60-77(82)95-74(65-89-76(81)59-51-43-37-36-41-49-57-71(8)10-2)67-93-97(86,87)91-63-72(79)62-90-96(84,85)92-66-73(94-78(83)61-53-45-35-29-23-25-31-39-47-55-69(5)6)64-88-75(80)58-50-42-33-27-20-18-16-14-12-11-13-15-17-19-24-30-38-46-54-68(3)4/h68-74,79H,9-67H2,1-8H3,(H,84,85)(H,86,87)/t70?,71?,72-,73-,74-/m1/s1. The molecule has 0 amide bonds. The molecular formula is C78H152O17P2. The number of hydrogen-bond acceptors (Lipinski definition) is 15. The van der Waals surface area contributed by atoms with E-state index >= 15 is 0 Å². The van der Waals surface area contributed by atoms with Crippen LogP contribution in [0.15, 0.2) is 0 Å². The molecule has 17 nitrogen and oxygen atoms in total. The smallest absolute Gasteiger partial charge is 0.462 e. The highest BCUT2D eigenvalue weighted by Crippen LogP contribution is 2.45. The first-order valence-electron chi connectivity index (χ1n) is 40.3. The molecule has 576 valence electrons. The highest BCUT2D eigenvalue weighted by molar-refractivity contribution is 7.47. The first kappa shape index (κ1) is 95.1. The zero-order valence-corrected chi connectivity index (χ0v) is 65.5. The lowest BCUT2D eigenvalue weighted by molar-refractivity contribution is -0.161. The summed E-state index contributed by atoms with van der Waals surface area (Å²) in [6.45, 7) is 14.2. The molecule has 0 saturated carbocycles. The lowest BCUT2D eigenvalue weighted by atomic mass is 9.99. The molecule has 0 fully saturated rings. The van der Waals surface area contributed by atoms with Gasteiger partial charge in [-0.15, -0.1) is 0 Å². The Labute approximate surface area is 594 Å². The van der Waals surface area contributed by atoms with Crippen LogP contribution in [-0.4, -0.2) is 96.7 Å². The summed E-state index contributed by atoms with van der Waals surface area (Å²) in [5.41, 5.74) is 0. The molecule has 7 atom stereocenters. The number of carbonyl (C=O) groups excluding carboxylic acids is 4. The van der Waals surface area contributed by atoms with Crippen molar-refractivity contribution in [2.75, 3.05) is 39.6 Å². The van der Waals surface area contributed by atoms with Crippen LogP contribution in [0, 0.1) is 23.7 Å². The van der Waals surface area contributed by atoms with Gasteiger partial charge in [-0.25, -0.2) is 9.13 Å². The van der Waals surface area contributed by atoms with E-state index in [2.05, 4.69) is 55.4 Å². The Morgan fingerprint density at radius 1 is 0.289 bits per heavy atom. The van der Waals surface area contributed by atoms with Gasteiger partial charge in [-0.3, -0.25) is 37.3 Å². The lowest BCUT2D eigenvalue weighted by Crippen LogP contribution is -2.30. The predicted molar refractivity (Wildman–Crippen MR) is 395 cm³/mol. The Morgan fingerprint density at radius 2 is 0.495 bits per heavy atom. The van der Waals surface area contributed by atoms with Crippen molar-refractivity contribution in [3.8, 4) is 0 Å². The SMILES string of the molecule is CCC(C)CCCCCCCCCCCCC(=O)O[C@H](COC(=O)CCCCCCCCC(C)CC)COP(=O)(O)OC[C@H](O)COP(=O)(O)OC[C@@H](COC(=O)CCCCCCCCCCCCCCCCCCCCC(C)C)OC(=O)CCCCCCCCCCCC(C)C. The molecule has 0 saturated heterocycles. The van der Waals surface area contributed by atoms with E-state index in [9.17, 15) is 43.2 Å². The second-order valence-electron chi connectivity index (χ2n) is 29.5. The van der Waals surface area contributed by atoms with Gasteiger partial charge in [0.15, 0.2) is 12.2 Å². The third-order valence-electron chi connectivity index (χ3n) is 18.8. The van der Waals surface area contributed by atoms with Crippen LogP contribution in [0.2, 0.25) is 0 Å². The van der Waals surface area contributed by atoms with Crippen molar-refractivity contribution in [3.63, 3.8) is 0 Å². The molecule has 0 rings (SSSR count). The summed E-state index contributed by atoms with van der Waals surface area (Å²) in [5, 5.41) is 10.6. The van der Waals surface area contributed by atoms with Gasteiger partial charge in [-0.1, -0.05) is 344 Å². The summed E-state index contributed by atoms with van der Waals surface area (Å²) in [7, 11) is -9.92. The summed E-state index contributed by atoms with van der Waals surface area (Å²) in [4.78, 5) is 72.9. The van der Waals surface area contributed by atoms with Crippen molar-refractivity contribution in [2.45, 2.75) is 414 Å². The highest BCUT2D eigenvalue weighted by Gasteiger charge is 2.30. The van der Waals surface area contributed by atoms with Crippen molar-refractivity contribution < 1.29 is 80.2 Å². The first-order chi connectivity index (χ1) is 46.7. The molecule has 0 aliphatic rings. The minimum atomic E-state index is -4.96. The van der Waals surface area contributed by atoms with Gasteiger partial charge in [-0.2, -0.15) is 0 Å². The number of phosphoric ester groups is 2. The second-order valence-corrected chi connectivity index (χ2v) is 32.4. The topological polar surface area (TPSA) is 237 Å². The van der Waals surface area contributed by atoms with Gasteiger partial charge in [-0.05, 0) is 49.4 Å². The average Bonchev–Trinajstić information content (AvgIpc) is 1.06. The summed E-state index contributed by atoms with van der Waals surface area (Å²) in [6.07, 6.45) is 52.8. The molecule has 0 aliphatic heterocycles. The molecular weight excluding hydrogens is 1270 g/mol. The molecule has 97 heavy (non-hydrogen) atoms. The normalized spacial score (nSPS) is 14.6. The van der Waals surface area contributed by atoms with E-state index in [0.717, 1.165) is 120 Å². The number of carbonyl (C=O) groups is 4. The number of rotatable bonds is 75. The van der Waals surface area contributed by atoms with E-state index in [4.69, 9.17) is 37.0 Å². The van der Waals surface area contributed by atoms with Gasteiger partial charge >= 0.3 is 39.5 Å². The van der Waals surface area contributed by atoms with Crippen LogP contribution in [0.1, 0.15) is 396 Å². The molecule has 3 N–H and O–H groups in total. The van der Waals surface area contributed by atoms with Crippen LogP contribution in [0.3, 0.4) is 0 Å². The number of ether oxygens (including phenoxy) is 4. The van der Waals surface area contributed by atoms with Crippen molar-refractivity contribution in [1.29, 1.82) is 0 Å². The third-order valence-corrected chi connectivity index (χ3v) is 20.7. The Balaban J connectivity index is 5.19. The predicted octanol–water partition coefficient (Wildman–Crippen LogP) is 22.8. The fraction of sp³-hybridized carbons (Fsp3) is 0.949. The molecule has 4 unspecified atom stereocenters. The Morgan fingerprint density at radius 3 is 0.732 bits per heavy atom. The fourth-order valence-corrected chi connectivity index (χ4v) is 13.4. The van der Waals surface area contributed by atoms with Crippen LogP contribution in [-0.2, 0) is 65.4 Å². The van der Waals surface area contributed by atoms with E-state index in [-0.39, 0.29) is 25.7 Å². The number of phosphoric acid groups is 2. The number of esters is 4. The van der Waals surface area contributed by atoms with Crippen molar-refractivity contribution in [2.24, 2.45) is 23.7 Å². The Kier molecular flexibility index (Phi) is 65.9. The van der Waals surface area contributed by atoms with Crippen molar-refractivity contribution in [1.82, 2.24) is 0 Å². The highest BCUT2D eigenvalue weighted by atomic mass is 31.2. The molecule has 0 heterocycles. The Hall–Kier alpha value is -1.94. The summed E-state index contributed by atoms with van der Waals surface area (Å²) >= 11 is 0. The van der Waals surface area contributed by atoms with Crippen LogP contribution >= 0.6 is 15.6 Å². The van der Waals surface area contributed by atoms with E-state index in [0.29, 0.717) is 25.7 Å². The van der Waals surface area contributed by atoms with Crippen LogP contribution in [0.4, 0.5) is 0 Å². The number of aliphatic hydroxyl groups is 1. The maximum atomic E-state index is 13.1. The minimum absolute atomic E-state index is 0.105. The molecule has 0 aromatic carbocycles. The van der Waals surface area contributed by atoms with Gasteiger partial charge in [0.1, 0.15) is 19.3 Å². The van der Waals surface area contributed by atoms with E-state index in [1.54, 1.807) is 0 Å². The molecule has 0 bridgehead atoms. The van der Waals surface area contributed by atoms with Crippen LogP contribution in [0.5, 0.6) is 0 Å². The number of hydrogen-bond donors (Lipinski definition) is 3. The van der Waals surface area contributed by atoms with Gasteiger partial charge in [0.05, 0.1) is 26.4 Å². The molecule has 0 spiro atoms. The minimum Gasteiger partial charge on any atom is -0.462 e. The summed E-state index contributed by atoms with van der Waals surface area (Å²) in [5.74, 6) is 0.972. The van der Waals surface area contributed by atoms with E-state index in [1.807, 2.05) is 0 Å². The summed E-state index contributed by atoms with van der Waals surface area (Å²) in [6, 6.07) is 0. The summed E-state index contributed by atoms with van der Waals surface area (Å²) < 4.78 is 68.6. The molecule has 0 radical (unpaired) electrons. The maximum Gasteiger partial charge on any atom is 0.472 e. The Bertz CT molecular complexity index is 1910. The van der Waals surface area contributed by atoms with Crippen LogP contribution < -0.4 is 0 Å². The zero-order chi connectivity index (χ0) is 71.7. The monoisotopic (exact) mass is 1420 g/mol. The van der Waals surface area contributed by atoms with E-state index in [1.165, 1.54) is 193 Å². The molecule has 19 heteroatoms. The van der Waals surface area contributed by atoms with Gasteiger partial charge in [0, 0.05) is 25.7 Å². The average molecular weight is 1420 g/mol. The van der Waals surface area contributed by atoms with Gasteiger partial charge < -0.3 is 33.8 Å². The van der Waals surface area contributed by atoms with Gasteiger partial charge in [0.2, 0.25) is 0 Å².